The number of benzene rings is 2. The van der Waals surface area contributed by atoms with Crippen LogP contribution in [-0.4, -0.2) is 11.1 Å². The van der Waals surface area contributed by atoms with E-state index in [1.807, 2.05) is 36.4 Å². The van der Waals surface area contributed by atoms with E-state index in [4.69, 9.17) is 9.84 Å². The number of carbonyl (C=O) groups is 1. The number of para-hydroxylation sites is 1. The van der Waals surface area contributed by atoms with Crippen LogP contribution in [0.3, 0.4) is 0 Å². The standard InChI is InChI=1S/C16H14O3/c17-16(18)12-6-8-14-11(10-12)7-9-15(14)19-13-4-2-1-3-5-13/h1-6,8,10,15H,7,9H2,(H,17,18). The molecular formula is C16H14O3. The molecule has 0 heterocycles. The third kappa shape index (κ3) is 2.32. The van der Waals surface area contributed by atoms with Crippen LogP contribution in [-0.2, 0) is 6.42 Å². The van der Waals surface area contributed by atoms with Crippen LogP contribution in [0.5, 0.6) is 5.75 Å². The lowest BCUT2D eigenvalue weighted by molar-refractivity contribution is 0.0696. The van der Waals surface area contributed by atoms with Gasteiger partial charge in [0.15, 0.2) is 0 Å². The van der Waals surface area contributed by atoms with Gasteiger partial charge >= 0.3 is 5.97 Å². The van der Waals surface area contributed by atoms with E-state index < -0.39 is 5.97 Å². The maximum Gasteiger partial charge on any atom is 0.335 e. The molecule has 0 aliphatic heterocycles. The van der Waals surface area contributed by atoms with E-state index in [-0.39, 0.29) is 6.10 Å². The highest BCUT2D eigenvalue weighted by molar-refractivity contribution is 5.88. The van der Waals surface area contributed by atoms with Crippen molar-refractivity contribution in [2.24, 2.45) is 0 Å². The number of carboxylic acids is 1. The zero-order chi connectivity index (χ0) is 13.2. The van der Waals surface area contributed by atoms with Crippen LogP contribution < -0.4 is 4.74 Å². The van der Waals surface area contributed by atoms with Crippen molar-refractivity contribution in [3.8, 4) is 5.75 Å². The van der Waals surface area contributed by atoms with Gasteiger partial charge in [-0.15, -0.1) is 0 Å². The molecule has 0 aromatic heterocycles. The summed E-state index contributed by atoms with van der Waals surface area (Å²) in [6.07, 6.45) is 1.79. The molecule has 96 valence electrons. The van der Waals surface area contributed by atoms with Gasteiger partial charge in [-0.2, -0.15) is 0 Å². The molecule has 0 saturated heterocycles. The second kappa shape index (κ2) is 4.76. The highest BCUT2D eigenvalue weighted by Crippen LogP contribution is 2.35. The molecule has 0 spiro atoms. The van der Waals surface area contributed by atoms with Gasteiger partial charge in [0.25, 0.3) is 0 Å². The molecule has 3 heteroatoms. The van der Waals surface area contributed by atoms with Gasteiger partial charge in [0, 0.05) is 0 Å². The van der Waals surface area contributed by atoms with Gasteiger partial charge in [-0.3, -0.25) is 0 Å². The molecular weight excluding hydrogens is 240 g/mol. The van der Waals surface area contributed by atoms with E-state index in [2.05, 4.69) is 0 Å². The molecule has 2 aromatic carbocycles. The predicted molar refractivity (Wildman–Crippen MR) is 71.5 cm³/mol. The van der Waals surface area contributed by atoms with Gasteiger partial charge in [-0.1, -0.05) is 24.3 Å². The molecule has 2 aromatic rings. The molecule has 0 saturated carbocycles. The Morgan fingerprint density at radius 2 is 1.95 bits per heavy atom. The molecule has 19 heavy (non-hydrogen) atoms. The van der Waals surface area contributed by atoms with Crippen molar-refractivity contribution < 1.29 is 14.6 Å². The lowest BCUT2D eigenvalue weighted by Gasteiger charge is -2.14. The minimum Gasteiger partial charge on any atom is -0.486 e. The number of carboxylic acid groups (broad SMARTS) is 1. The fraction of sp³-hybridized carbons (Fsp3) is 0.188. The SMILES string of the molecule is O=C(O)c1ccc2c(c1)CCC2Oc1ccccc1. The number of aromatic carboxylic acids is 1. The first-order valence-corrected chi connectivity index (χ1v) is 6.32. The number of ether oxygens (including phenoxy) is 1. The van der Waals surface area contributed by atoms with Crippen LogP contribution in [0.4, 0.5) is 0 Å². The zero-order valence-electron chi connectivity index (χ0n) is 10.4. The highest BCUT2D eigenvalue weighted by Gasteiger charge is 2.24. The summed E-state index contributed by atoms with van der Waals surface area (Å²) >= 11 is 0. The lowest BCUT2D eigenvalue weighted by atomic mass is 10.1. The molecule has 3 rings (SSSR count). The minimum absolute atomic E-state index is 0.0280. The van der Waals surface area contributed by atoms with Gasteiger partial charge in [-0.25, -0.2) is 4.79 Å². The van der Waals surface area contributed by atoms with E-state index >= 15 is 0 Å². The monoisotopic (exact) mass is 254 g/mol. The van der Waals surface area contributed by atoms with Gasteiger partial charge in [-0.05, 0) is 48.2 Å². The van der Waals surface area contributed by atoms with E-state index in [0.717, 1.165) is 29.7 Å². The first-order valence-electron chi connectivity index (χ1n) is 6.32. The fourth-order valence-electron chi connectivity index (χ4n) is 2.50. The predicted octanol–water partition coefficient (Wildman–Crippen LogP) is 3.45. The molecule has 1 atom stereocenters. The van der Waals surface area contributed by atoms with Crippen LogP contribution >= 0.6 is 0 Å². The quantitative estimate of drug-likeness (QED) is 0.912. The molecule has 0 amide bonds. The first kappa shape index (κ1) is 11.8. The molecule has 0 fully saturated rings. The van der Waals surface area contributed by atoms with Crippen molar-refractivity contribution in [1.82, 2.24) is 0 Å². The van der Waals surface area contributed by atoms with E-state index in [1.165, 1.54) is 0 Å². The molecule has 0 bridgehead atoms. The Labute approximate surface area is 111 Å². The van der Waals surface area contributed by atoms with Crippen molar-refractivity contribution in [3.63, 3.8) is 0 Å². The van der Waals surface area contributed by atoms with Crippen molar-refractivity contribution >= 4 is 5.97 Å². The summed E-state index contributed by atoms with van der Waals surface area (Å²) in [6, 6.07) is 15.0. The van der Waals surface area contributed by atoms with Crippen LogP contribution in [0.1, 0.15) is 34.0 Å². The van der Waals surface area contributed by atoms with E-state index in [0.29, 0.717) is 5.56 Å². The summed E-state index contributed by atoms with van der Waals surface area (Å²) in [7, 11) is 0. The van der Waals surface area contributed by atoms with Gasteiger partial charge in [0.05, 0.1) is 5.56 Å². The Balaban J connectivity index is 1.84. The average Bonchev–Trinajstić information content (AvgIpc) is 2.82. The number of hydrogen-bond acceptors (Lipinski definition) is 2. The Kier molecular flexibility index (Phi) is 2.95. The Bertz CT molecular complexity index is 605. The van der Waals surface area contributed by atoms with Gasteiger partial charge < -0.3 is 9.84 Å². The van der Waals surface area contributed by atoms with Crippen molar-refractivity contribution in [1.29, 1.82) is 0 Å². The fourth-order valence-corrected chi connectivity index (χ4v) is 2.50. The normalized spacial score (nSPS) is 16.9. The number of fused-ring (bicyclic) bond motifs is 1. The van der Waals surface area contributed by atoms with Crippen LogP contribution in [0, 0.1) is 0 Å². The number of rotatable bonds is 3. The average molecular weight is 254 g/mol. The topological polar surface area (TPSA) is 46.5 Å². The maximum atomic E-state index is 10.9. The second-order valence-electron chi connectivity index (χ2n) is 4.68. The summed E-state index contributed by atoms with van der Waals surface area (Å²) in [4.78, 5) is 10.9. The molecule has 3 nitrogen and oxygen atoms in total. The summed E-state index contributed by atoms with van der Waals surface area (Å²) in [5.41, 5.74) is 2.54. The maximum absolute atomic E-state index is 10.9. The Morgan fingerprint density at radius 3 is 2.68 bits per heavy atom. The molecule has 0 radical (unpaired) electrons. The second-order valence-corrected chi connectivity index (χ2v) is 4.68. The Morgan fingerprint density at radius 1 is 1.16 bits per heavy atom. The molecule has 1 N–H and O–H groups in total. The Hall–Kier alpha value is -2.29. The molecule has 1 aliphatic carbocycles. The van der Waals surface area contributed by atoms with E-state index in [9.17, 15) is 4.79 Å². The van der Waals surface area contributed by atoms with Crippen LogP contribution in [0.25, 0.3) is 0 Å². The number of hydrogen-bond donors (Lipinski definition) is 1. The first-order chi connectivity index (χ1) is 9.24. The van der Waals surface area contributed by atoms with Crippen molar-refractivity contribution in [3.05, 3.63) is 65.2 Å². The van der Waals surface area contributed by atoms with Crippen molar-refractivity contribution in [2.75, 3.05) is 0 Å². The smallest absolute Gasteiger partial charge is 0.335 e. The van der Waals surface area contributed by atoms with Gasteiger partial charge in [0.1, 0.15) is 11.9 Å². The summed E-state index contributed by atoms with van der Waals surface area (Å²) in [5.74, 6) is -0.0297. The summed E-state index contributed by atoms with van der Waals surface area (Å²) in [6.45, 7) is 0. The van der Waals surface area contributed by atoms with Crippen LogP contribution in [0.2, 0.25) is 0 Å². The summed E-state index contributed by atoms with van der Waals surface area (Å²) in [5, 5.41) is 8.99. The van der Waals surface area contributed by atoms with Gasteiger partial charge in [0.2, 0.25) is 0 Å². The van der Waals surface area contributed by atoms with Crippen molar-refractivity contribution in [2.45, 2.75) is 18.9 Å². The number of aryl methyl sites for hydroxylation is 1. The molecule has 1 unspecified atom stereocenters. The third-order valence-electron chi connectivity index (χ3n) is 3.43. The molecule has 1 aliphatic rings. The largest absolute Gasteiger partial charge is 0.486 e. The lowest BCUT2D eigenvalue weighted by Crippen LogP contribution is -2.04. The van der Waals surface area contributed by atoms with Crippen LogP contribution in [0.15, 0.2) is 48.5 Å². The zero-order valence-corrected chi connectivity index (χ0v) is 10.4. The summed E-state index contributed by atoms with van der Waals surface area (Å²) < 4.78 is 5.95. The third-order valence-corrected chi connectivity index (χ3v) is 3.43. The highest BCUT2D eigenvalue weighted by atomic mass is 16.5. The van der Waals surface area contributed by atoms with E-state index in [1.54, 1.807) is 12.1 Å². The minimum atomic E-state index is -0.879.